The van der Waals surface area contributed by atoms with Crippen molar-refractivity contribution in [2.45, 2.75) is 42.8 Å². The Morgan fingerprint density at radius 1 is 1.31 bits per heavy atom. The molecule has 3 atom stereocenters. The predicted molar refractivity (Wildman–Crippen MR) is 152 cm³/mol. The van der Waals surface area contributed by atoms with Crippen LogP contribution in [0, 0.1) is 5.41 Å². The maximum Gasteiger partial charge on any atom is 0.347 e. The van der Waals surface area contributed by atoms with Crippen LogP contribution in [0.1, 0.15) is 26.5 Å². The molecule has 3 aromatic rings. The van der Waals surface area contributed by atoms with Crippen molar-refractivity contribution in [1.29, 1.82) is 0 Å². The fraction of sp³-hybridized carbons (Fsp3) is 0.458. The van der Waals surface area contributed by atoms with Gasteiger partial charge in [0.1, 0.15) is 39.5 Å². The van der Waals surface area contributed by atoms with Gasteiger partial charge < -0.3 is 24.9 Å². The first kappa shape index (κ1) is 29.7. The lowest BCUT2D eigenvalue weighted by atomic mass is 9.89. The van der Waals surface area contributed by atoms with Gasteiger partial charge in [-0.2, -0.15) is 9.61 Å². The van der Waals surface area contributed by atoms with E-state index in [-0.39, 0.29) is 29.5 Å². The third kappa shape index (κ3) is 6.34. The molecule has 15 nitrogen and oxygen atoms in total. The van der Waals surface area contributed by atoms with E-state index in [1.165, 1.54) is 56.1 Å². The van der Waals surface area contributed by atoms with E-state index >= 15 is 0 Å². The lowest BCUT2D eigenvalue weighted by Gasteiger charge is -2.53. The third-order valence-corrected chi connectivity index (χ3v) is 9.55. The minimum absolute atomic E-state index is 0.0148. The first-order valence-electron chi connectivity index (χ1n) is 12.5. The Balaban J connectivity index is 1.22. The van der Waals surface area contributed by atoms with Gasteiger partial charge in [-0.25, -0.2) is 9.78 Å². The summed E-state index contributed by atoms with van der Waals surface area (Å²) in [5.41, 5.74) is 0.141. The fourth-order valence-electron chi connectivity index (χ4n) is 4.17. The maximum absolute atomic E-state index is 13.2. The van der Waals surface area contributed by atoms with Crippen molar-refractivity contribution < 1.29 is 33.9 Å². The number of aliphatic carboxylic acids is 1. The van der Waals surface area contributed by atoms with Crippen molar-refractivity contribution in [3.05, 3.63) is 35.0 Å². The summed E-state index contributed by atoms with van der Waals surface area (Å²) in [5.74, 6) is -2.41. The van der Waals surface area contributed by atoms with Crippen LogP contribution in [0.15, 0.2) is 39.5 Å². The van der Waals surface area contributed by atoms with E-state index < -0.39 is 52.8 Å². The molecule has 42 heavy (non-hydrogen) atoms. The zero-order valence-electron chi connectivity index (χ0n) is 22.6. The number of nitrogens with zero attached hydrogens (tertiary/aromatic N) is 7. The lowest BCUT2D eigenvalue weighted by molar-refractivity contribution is -0.160. The van der Waals surface area contributed by atoms with Crippen LogP contribution in [0.2, 0.25) is 0 Å². The largest absolute Gasteiger partial charge is 0.481 e. The average Bonchev–Trinajstić information content (AvgIpc) is 3.64. The Hall–Kier alpha value is -3.77. The summed E-state index contributed by atoms with van der Waals surface area (Å²) in [6, 6.07) is 2.58. The van der Waals surface area contributed by atoms with E-state index in [0.29, 0.717) is 10.7 Å². The number of amides is 2. The molecular formula is C24H26N8O7S3. The van der Waals surface area contributed by atoms with Crippen LogP contribution < -0.4 is 5.32 Å². The molecule has 5 heterocycles. The van der Waals surface area contributed by atoms with Gasteiger partial charge in [0.25, 0.3) is 5.91 Å². The SMILES string of the molecule is CC(C)(C)OC(=O)CON=C(C(=O)NC1C(=O)N2CC(CSc3ccc4nncn4n3)(C(=O)O)CS[C@H]12)c1cscn1. The second-order valence-electron chi connectivity index (χ2n) is 10.5. The van der Waals surface area contributed by atoms with Crippen molar-refractivity contribution >= 4 is 70.0 Å². The molecule has 5 rings (SSSR count). The smallest absolute Gasteiger partial charge is 0.347 e. The van der Waals surface area contributed by atoms with E-state index in [1.54, 1.807) is 38.3 Å². The normalized spacial score (nSPS) is 22.3. The quantitative estimate of drug-likeness (QED) is 0.105. The summed E-state index contributed by atoms with van der Waals surface area (Å²) in [5, 5.41) is 30.4. The number of esters is 1. The fourth-order valence-corrected chi connectivity index (χ4v) is 7.43. The minimum Gasteiger partial charge on any atom is -0.481 e. The average molecular weight is 635 g/mol. The van der Waals surface area contributed by atoms with Crippen LogP contribution >= 0.6 is 34.9 Å². The standard InChI is InChI=1S/C24H26N8O7S3/c1-23(2,3)39-16(33)6-38-30-17(13-7-40-12-25-13)19(34)27-18-20(35)31-8-24(22(36)37,10-42-21(18)31)9-41-15-5-4-14-28-26-11-32(14)29-15/h4-5,7,11-12,18,21H,6,8-10H2,1-3H3,(H,27,34)(H,36,37)/t18?,21-,24?/m1/s1. The van der Waals surface area contributed by atoms with E-state index in [1.807, 2.05) is 0 Å². The molecule has 0 bridgehead atoms. The molecule has 2 amide bonds. The van der Waals surface area contributed by atoms with Gasteiger partial charge in [0.15, 0.2) is 11.4 Å². The Bertz CT molecular complexity index is 1540. The number of carbonyl (C=O) groups is 4. The van der Waals surface area contributed by atoms with Gasteiger partial charge in [0.05, 0.1) is 5.51 Å². The molecule has 0 radical (unpaired) electrons. The van der Waals surface area contributed by atoms with Crippen molar-refractivity contribution in [3.8, 4) is 0 Å². The molecule has 0 aromatic carbocycles. The van der Waals surface area contributed by atoms with Gasteiger partial charge in [-0.3, -0.25) is 14.4 Å². The zero-order valence-corrected chi connectivity index (χ0v) is 25.1. The highest BCUT2D eigenvalue weighted by Gasteiger charge is 2.57. The molecule has 2 N–H and O–H groups in total. The lowest BCUT2D eigenvalue weighted by Crippen LogP contribution is -2.74. The minimum atomic E-state index is -1.22. The van der Waals surface area contributed by atoms with Crippen molar-refractivity contribution in [2.24, 2.45) is 10.6 Å². The van der Waals surface area contributed by atoms with Crippen molar-refractivity contribution in [2.75, 3.05) is 24.7 Å². The summed E-state index contributed by atoms with van der Waals surface area (Å²) in [6.45, 7) is 4.59. The number of ether oxygens (including phenoxy) is 1. The summed E-state index contributed by atoms with van der Waals surface area (Å²) in [7, 11) is 0. The van der Waals surface area contributed by atoms with Gasteiger partial charge in [0.2, 0.25) is 12.5 Å². The van der Waals surface area contributed by atoms with Crippen molar-refractivity contribution in [1.82, 2.24) is 35.0 Å². The summed E-state index contributed by atoms with van der Waals surface area (Å²) in [4.78, 5) is 61.3. The topological polar surface area (TPSA) is 191 Å². The molecule has 2 aliphatic rings. The van der Waals surface area contributed by atoms with Crippen molar-refractivity contribution in [3.63, 3.8) is 0 Å². The maximum atomic E-state index is 13.2. The number of fused-ring (bicyclic) bond motifs is 2. The van der Waals surface area contributed by atoms with Crippen LogP contribution in [0.3, 0.4) is 0 Å². The highest BCUT2D eigenvalue weighted by Crippen LogP contribution is 2.44. The highest BCUT2D eigenvalue weighted by atomic mass is 32.2. The Kier molecular flexibility index (Phi) is 8.38. The molecule has 2 unspecified atom stereocenters. The van der Waals surface area contributed by atoms with Crippen LogP contribution in [-0.4, -0.2) is 106 Å². The number of nitrogens with one attached hydrogen (secondary N) is 1. The number of hydrogen-bond donors (Lipinski definition) is 2. The van der Waals surface area contributed by atoms with Gasteiger partial charge in [-0.15, -0.1) is 45.1 Å². The number of rotatable bonds is 10. The van der Waals surface area contributed by atoms with E-state index in [0.717, 1.165) is 0 Å². The number of thioether (sulfide) groups is 2. The molecule has 2 aliphatic heterocycles. The van der Waals surface area contributed by atoms with Crippen LogP contribution in [0.5, 0.6) is 0 Å². The van der Waals surface area contributed by atoms with E-state index in [4.69, 9.17) is 9.57 Å². The molecule has 222 valence electrons. The van der Waals surface area contributed by atoms with Crippen LogP contribution in [0.4, 0.5) is 0 Å². The Morgan fingerprint density at radius 3 is 2.83 bits per heavy atom. The molecule has 3 aromatic heterocycles. The summed E-state index contributed by atoms with van der Waals surface area (Å²) < 4.78 is 6.67. The first-order valence-corrected chi connectivity index (χ1v) is 15.5. The van der Waals surface area contributed by atoms with E-state index in [2.05, 4.69) is 30.8 Å². The number of carbonyl (C=O) groups excluding carboxylic acids is 3. The van der Waals surface area contributed by atoms with Gasteiger partial charge in [-0.1, -0.05) is 5.16 Å². The van der Waals surface area contributed by atoms with E-state index in [9.17, 15) is 24.3 Å². The number of carboxylic acids is 1. The summed E-state index contributed by atoms with van der Waals surface area (Å²) >= 11 is 3.78. The number of oxime groups is 1. The molecule has 0 saturated carbocycles. The zero-order chi connectivity index (χ0) is 30.1. The number of carboxylic acid groups (broad SMARTS) is 1. The number of aromatic nitrogens is 5. The first-order chi connectivity index (χ1) is 20.0. The second-order valence-corrected chi connectivity index (χ2v) is 13.3. The second kappa shape index (κ2) is 11.8. The van der Waals surface area contributed by atoms with Gasteiger partial charge in [0, 0.05) is 23.4 Å². The molecular weight excluding hydrogens is 609 g/mol. The summed E-state index contributed by atoms with van der Waals surface area (Å²) in [6.07, 6.45) is 1.46. The van der Waals surface area contributed by atoms with Crippen LogP contribution in [0.25, 0.3) is 5.65 Å². The van der Waals surface area contributed by atoms with Gasteiger partial charge in [-0.05, 0) is 32.9 Å². The molecule has 18 heteroatoms. The third-order valence-electron chi connectivity index (χ3n) is 6.17. The molecule has 0 spiro atoms. The highest BCUT2D eigenvalue weighted by molar-refractivity contribution is 8.00. The molecule has 0 aliphatic carbocycles. The van der Waals surface area contributed by atoms with Gasteiger partial charge >= 0.3 is 11.9 Å². The monoisotopic (exact) mass is 634 g/mol. The predicted octanol–water partition coefficient (Wildman–Crippen LogP) is 0.906. The molecule has 2 fully saturated rings. The Morgan fingerprint density at radius 2 is 2.12 bits per heavy atom. The number of hydrogen-bond acceptors (Lipinski definition) is 14. The van der Waals surface area contributed by atoms with Crippen LogP contribution in [-0.2, 0) is 28.8 Å². The molecule has 2 saturated heterocycles. The number of β-lactam (4-membered cyclic amide) rings is 1. The Labute approximate surface area is 251 Å². The number of thiazole rings is 1.